The fourth-order valence-electron chi connectivity index (χ4n) is 2.65. The monoisotopic (exact) mass is 364 g/mol. The van der Waals surface area contributed by atoms with E-state index >= 15 is 0 Å². The van der Waals surface area contributed by atoms with E-state index in [0.29, 0.717) is 0 Å². The molecular weight excluding hydrogens is 352 g/mol. The number of halogens is 1. The quantitative estimate of drug-likeness (QED) is 0.832. The van der Waals surface area contributed by atoms with E-state index in [4.69, 9.17) is 0 Å². The third kappa shape index (κ3) is 2.91. The molecule has 21 heavy (non-hydrogen) atoms. The second-order valence-electron chi connectivity index (χ2n) is 5.04. The Labute approximate surface area is 134 Å². The zero-order chi connectivity index (χ0) is 15.0. The SMILES string of the molecule is Cc1nc(C2CC(=O)NC(=O)C2c2ccc(Br)cc2)cs1. The van der Waals surface area contributed by atoms with Gasteiger partial charge in [-0.25, -0.2) is 4.98 Å². The van der Waals surface area contributed by atoms with Gasteiger partial charge in [-0.15, -0.1) is 11.3 Å². The van der Waals surface area contributed by atoms with Crippen molar-refractivity contribution in [2.45, 2.75) is 25.2 Å². The zero-order valence-electron chi connectivity index (χ0n) is 11.3. The molecule has 6 heteroatoms. The number of aryl methyl sites for hydroxylation is 1. The first-order valence-electron chi connectivity index (χ1n) is 6.56. The highest BCUT2D eigenvalue weighted by atomic mass is 79.9. The van der Waals surface area contributed by atoms with E-state index in [1.165, 1.54) is 11.3 Å². The standard InChI is InChI=1S/C15H13BrN2O2S/c1-8-17-12(7-21-8)11-6-13(19)18-15(20)14(11)9-2-4-10(16)5-3-9/h2-5,7,11,14H,6H2,1H3,(H,18,19,20). The molecule has 0 radical (unpaired) electrons. The molecule has 2 atom stereocenters. The first-order valence-corrected chi connectivity index (χ1v) is 8.23. The van der Waals surface area contributed by atoms with Gasteiger partial charge in [0, 0.05) is 22.2 Å². The van der Waals surface area contributed by atoms with Crippen LogP contribution in [0.25, 0.3) is 0 Å². The van der Waals surface area contributed by atoms with E-state index in [9.17, 15) is 9.59 Å². The van der Waals surface area contributed by atoms with Gasteiger partial charge in [-0.2, -0.15) is 0 Å². The van der Waals surface area contributed by atoms with Gasteiger partial charge < -0.3 is 0 Å². The van der Waals surface area contributed by atoms with Crippen molar-refractivity contribution in [3.63, 3.8) is 0 Å². The number of carbonyl (C=O) groups is 2. The molecule has 2 aromatic rings. The Morgan fingerprint density at radius 3 is 2.62 bits per heavy atom. The number of amides is 2. The van der Waals surface area contributed by atoms with Gasteiger partial charge in [0.25, 0.3) is 0 Å². The second-order valence-corrected chi connectivity index (χ2v) is 7.02. The maximum Gasteiger partial charge on any atom is 0.234 e. The van der Waals surface area contributed by atoms with Crippen molar-refractivity contribution in [3.8, 4) is 0 Å². The summed E-state index contributed by atoms with van der Waals surface area (Å²) in [5.41, 5.74) is 1.73. The number of thiazole rings is 1. The summed E-state index contributed by atoms with van der Waals surface area (Å²) < 4.78 is 0.958. The number of hydrogen-bond acceptors (Lipinski definition) is 4. The molecule has 1 aromatic carbocycles. The van der Waals surface area contributed by atoms with Crippen LogP contribution in [0.4, 0.5) is 0 Å². The van der Waals surface area contributed by atoms with Gasteiger partial charge in [-0.3, -0.25) is 14.9 Å². The Morgan fingerprint density at radius 2 is 2.00 bits per heavy atom. The van der Waals surface area contributed by atoms with Crippen LogP contribution in [0.15, 0.2) is 34.1 Å². The number of imide groups is 1. The minimum absolute atomic E-state index is 0.197. The number of carbonyl (C=O) groups excluding carboxylic acids is 2. The topological polar surface area (TPSA) is 59.1 Å². The van der Waals surface area contributed by atoms with Crippen LogP contribution in [0.5, 0.6) is 0 Å². The highest BCUT2D eigenvalue weighted by Gasteiger charge is 2.38. The Balaban J connectivity index is 2.02. The van der Waals surface area contributed by atoms with Crippen LogP contribution < -0.4 is 5.32 Å². The molecule has 1 saturated heterocycles. The summed E-state index contributed by atoms with van der Waals surface area (Å²) in [7, 11) is 0. The first-order chi connectivity index (χ1) is 10.0. The van der Waals surface area contributed by atoms with Gasteiger partial charge in [0.2, 0.25) is 11.8 Å². The largest absolute Gasteiger partial charge is 0.296 e. The Bertz CT molecular complexity index is 696. The van der Waals surface area contributed by atoms with Crippen molar-refractivity contribution in [1.82, 2.24) is 10.3 Å². The van der Waals surface area contributed by atoms with E-state index in [1.807, 2.05) is 36.6 Å². The molecule has 2 amide bonds. The molecule has 2 unspecified atom stereocenters. The fraction of sp³-hybridized carbons (Fsp3) is 0.267. The number of piperidine rings is 1. The maximum atomic E-state index is 12.3. The minimum atomic E-state index is -0.378. The lowest BCUT2D eigenvalue weighted by Gasteiger charge is -2.29. The highest BCUT2D eigenvalue weighted by Crippen LogP contribution is 2.38. The van der Waals surface area contributed by atoms with Crippen molar-refractivity contribution in [2.24, 2.45) is 0 Å². The van der Waals surface area contributed by atoms with Crippen molar-refractivity contribution in [1.29, 1.82) is 0 Å². The lowest BCUT2D eigenvalue weighted by Crippen LogP contribution is -2.43. The van der Waals surface area contributed by atoms with Crippen LogP contribution in [0.2, 0.25) is 0 Å². The average molecular weight is 365 g/mol. The molecule has 0 bridgehead atoms. The van der Waals surface area contributed by atoms with Crippen molar-refractivity contribution < 1.29 is 9.59 Å². The molecule has 1 fully saturated rings. The normalized spacial score (nSPS) is 22.2. The number of aromatic nitrogens is 1. The number of rotatable bonds is 2. The summed E-state index contributed by atoms with van der Waals surface area (Å²) in [4.78, 5) is 28.5. The Morgan fingerprint density at radius 1 is 1.29 bits per heavy atom. The van der Waals surface area contributed by atoms with Gasteiger partial charge in [0.05, 0.1) is 16.6 Å². The summed E-state index contributed by atoms with van der Waals surface area (Å²) >= 11 is 4.93. The molecule has 0 aliphatic carbocycles. The predicted octanol–water partition coefficient (Wildman–Crippen LogP) is 3.13. The van der Waals surface area contributed by atoms with E-state index < -0.39 is 0 Å². The first kappa shape index (κ1) is 14.4. The van der Waals surface area contributed by atoms with Crippen LogP contribution in [0.3, 0.4) is 0 Å². The van der Waals surface area contributed by atoms with E-state index in [-0.39, 0.29) is 30.1 Å². The van der Waals surface area contributed by atoms with Crippen molar-refractivity contribution >= 4 is 39.1 Å². The summed E-state index contributed by atoms with van der Waals surface area (Å²) in [6.45, 7) is 1.92. The summed E-state index contributed by atoms with van der Waals surface area (Å²) in [6.07, 6.45) is 0.287. The zero-order valence-corrected chi connectivity index (χ0v) is 13.7. The molecule has 0 saturated carbocycles. The number of nitrogens with zero attached hydrogens (tertiary/aromatic N) is 1. The maximum absolute atomic E-state index is 12.3. The van der Waals surface area contributed by atoms with Gasteiger partial charge in [0.15, 0.2) is 0 Å². The average Bonchev–Trinajstić information content (AvgIpc) is 2.86. The van der Waals surface area contributed by atoms with Gasteiger partial charge in [-0.1, -0.05) is 28.1 Å². The number of nitrogens with one attached hydrogen (secondary N) is 1. The Hall–Kier alpha value is -1.53. The minimum Gasteiger partial charge on any atom is -0.296 e. The molecular formula is C15H13BrN2O2S. The Kier molecular flexibility index (Phi) is 3.91. The molecule has 1 aliphatic rings. The summed E-state index contributed by atoms with van der Waals surface area (Å²) in [6, 6.07) is 7.64. The lowest BCUT2D eigenvalue weighted by atomic mass is 9.79. The van der Waals surface area contributed by atoms with Gasteiger partial charge >= 0.3 is 0 Å². The molecule has 108 valence electrons. The molecule has 1 aliphatic heterocycles. The molecule has 3 rings (SSSR count). The van der Waals surface area contributed by atoms with Gasteiger partial charge in [-0.05, 0) is 24.6 Å². The third-order valence-corrected chi connectivity index (χ3v) is 4.92. The number of hydrogen-bond donors (Lipinski definition) is 1. The molecule has 0 spiro atoms. The van der Waals surface area contributed by atoms with Crippen molar-refractivity contribution in [2.75, 3.05) is 0 Å². The van der Waals surface area contributed by atoms with Crippen LogP contribution in [-0.2, 0) is 9.59 Å². The second kappa shape index (κ2) is 5.69. The van der Waals surface area contributed by atoms with Gasteiger partial charge in [0.1, 0.15) is 0 Å². The van der Waals surface area contributed by atoms with Crippen molar-refractivity contribution in [3.05, 3.63) is 50.4 Å². The molecule has 1 aromatic heterocycles. The van der Waals surface area contributed by atoms with Crippen LogP contribution in [0.1, 0.15) is 34.5 Å². The van der Waals surface area contributed by atoms with E-state index in [0.717, 1.165) is 20.7 Å². The van der Waals surface area contributed by atoms with E-state index in [1.54, 1.807) is 0 Å². The number of benzene rings is 1. The van der Waals surface area contributed by atoms with E-state index in [2.05, 4.69) is 26.2 Å². The summed E-state index contributed by atoms with van der Waals surface area (Å²) in [5, 5.41) is 5.32. The summed E-state index contributed by atoms with van der Waals surface area (Å²) in [5.74, 6) is -1.05. The van der Waals surface area contributed by atoms with Crippen LogP contribution in [-0.4, -0.2) is 16.8 Å². The molecule has 4 nitrogen and oxygen atoms in total. The molecule has 1 N–H and O–H groups in total. The van der Waals surface area contributed by atoms with Crippen LogP contribution >= 0.6 is 27.3 Å². The smallest absolute Gasteiger partial charge is 0.234 e. The third-order valence-electron chi connectivity index (χ3n) is 3.60. The van der Waals surface area contributed by atoms with Crippen LogP contribution in [0, 0.1) is 6.92 Å². The molecule has 2 heterocycles. The lowest BCUT2D eigenvalue weighted by molar-refractivity contribution is -0.135. The fourth-order valence-corrected chi connectivity index (χ4v) is 3.59. The predicted molar refractivity (Wildman–Crippen MR) is 84.2 cm³/mol. The highest BCUT2D eigenvalue weighted by molar-refractivity contribution is 9.10.